The van der Waals surface area contributed by atoms with Gasteiger partial charge in [0.25, 0.3) is 5.91 Å². The summed E-state index contributed by atoms with van der Waals surface area (Å²) < 4.78 is 5.33. The summed E-state index contributed by atoms with van der Waals surface area (Å²) in [6, 6.07) is 6.91. The number of nitrogens with zero attached hydrogens (tertiary/aromatic N) is 2. The lowest BCUT2D eigenvalue weighted by Crippen LogP contribution is -2.29. The van der Waals surface area contributed by atoms with E-state index < -0.39 is 0 Å². The van der Waals surface area contributed by atoms with E-state index in [4.69, 9.17) is 4.74 Å². The lowest BCUT2D eigenvalue weighted by Gasteiger charge is -2.17. The molecule has 1 amide bonds. The van der Waals surface area contributed by atoms with Crippen molar-refractivity contribution in [1.82, 2.24) is 14.9 Å². The van der Waals surface area contributed by atoms with Gasteiger partial charge >= 0.3 is 0 Å². The molecule has 0 unspecified atom stereocenters. The number of carbonyl (C=O) groups is 1. The molecule has 0 aliphatic carbocycles. The molecule has 2 atom stereocenters. The second-order valence-corrected chi connectivity index (χ2v) is 5.75. The lowest BCUT2D eigenvalue weighted by molar-refractivity contribution is 0.0775. The van der Waals surface area contributed by atoms with Crippen LogP contribution in [0.25, 0.3) is 0 Å². The Balaban J connectivity index is 1.81. The summed E-state index contributed by atoms with van der Waals surface area (Å²) in [5.41, 5.74) is 1.45. The molecule has 1 aliphatic heterocycles. The molecule has 1 fully saturated rings. The Hall–Kier alpha value is -2.47. The first-order valence-corrected chi connectivity index (χ1v) is 7.56. The van der Waals surface area contributed by atoms with E-state index in [1.54, 1.807) is 25.6 Å². The number of aromatic amines is 1. The first kappa shape index (κ1) is 15.4. The Kier molecular flexibility index (Phi) is 4.52. The molecule has 3 rings (SSSR count). The van der Waals surface area contributed by atoms with Crippen LogP contribution >= 0.6 is 0 Å². The molecule has 3 heterocycles. The van der Waals surface area contributed by atoms with Crippen LogP contribution in [0.5, 0.6) is 0 Å². The van der Waals surface area contributed by atoms with Gasteiger partial charge in [0.2, 0.25) is 5.56 Å². The molecule has 0 bridgehead atoms. The predicted molar refractivity (Wildman–Crippen MR) is 85.3 cm³/mol. The van der Waals surface area contributed by atoms with E-state index in [9.17, 15) is 9.59 Å². The molecule has 6 nitrogen and oxygen atoms in total. The van der Waals surface area contributed by atoms with Crippen LogP contribution in [0.3, 0.4) is 0 Å². The SMILES string of the molecule is COC[C@@H]1CN(C(=O)c2ccc(=O)[nH]c2)C[C@H]1c1ccncc1. The molecule has 1 aliphatic rings. The Morgan fingerprint density at radius 3 is 2.74 bits per heavy atom. The smallest absolute Gasteiger partial charge is 0.255 e. The van der Waals surface area contributed by atoms with Crippen LogP contribution in [-0.2, 0) is 4.74 Å². The largest absolute Gasteiger partial charge is 0.384 e. The van der Waals surface area contributed by atoms with Crippen molar-refractivity contribution in [3.63, 3.8) is 0 Å². The van der Waals surface area contributed by atoms with Gasteiger partial charge in [-0.25, -0.2) is 0 Å². The summed E-state index contributed by atoms with van der Waals surface area (Å²) in [7, 11) is 1.68. The van der Waals surface area contributed by atoms with Crippen LogP contribution in [0.2, 0.25) is 0 Å². The third kappa shape index (κ3) is 3.32. The molecular weight excluding hydrogens is 294 g/mol. The van der Waals surface area contributed by atoms with Gasteiger partial charge in [0, 0.05) is 56.7 Å². The highest BCUT2D eigenvalue weighted by Gasteiger charge is 2.36. The van der Waals surface area contributed by atoms with Crippen LogP contribution in [-0.4, -0.2) is 47.6 Å². The number of nitrogens with one attached hydrogen (secondary N) is 1. The lowest BCUT2D eigenvalue weighted by atomic mass is 9.90. The average Bonchev–Trinajstić information content (AvgIpc) is 3.00. The highest BCUT2D eigenvalue weighted by Crippen LogP contribution is 2.33. The highest BCUT2D eigenvalue weighted by molar-refractivity contribution is 5.94. The molecule has 0 aromatic carbocycles. The number of aromatic nitrogens is 2. The number of carbonyl (C=O) groups excluding carboxylic acids is 1. The number of H-pyrrole nitrogens is 1. The van der Waals surface area contributed by atoms with E-state index in [0.29, 0.717) is 25.3 Å². The van der Waals surface area contributed by atoms with Gasteiger partial charge in [0.05, 0.1) is 12.2 Å². The summed E-state index contributed by atoms with van der Waals surface area (Å²) >= 11 is 0. The molecule has 0 saturated carbocycles. The van der Waals surface area contributed by atoms with Crippen LogP contribution in [0.4, 0.5) is 0 Å². The summed E-state index contributed by atoms with van der Waals surface area (Å²) in [6.07, 6.45) is 5.01. The van der Waals surface area contributed by atoms with Crippen LogP contribution in [0.15, 0.2) is 47.7 Å². The molecule has 1 saturated heterocycles. The minimum absolute atomic E-state index is 0.0705. The molecule has 1 N–H and O–H groups in total. The van der Waals surface area contributed by atoms with Gasteiger partial charge in [0.1, 0.15) is 0 Å². The fourth-order valence-corrected chi connectivity index (χ4v) is 3.13. The zero-order chi connectivity index (χ0) is 16.2. The van der Waals surface area contributed by atoms with E-state index in [1.807, 2.05) is 17.0 Å². The number of rotatable bonds is 4. The highest BCUT2D eigenvalue weighted by atomic mass is 16.5. The minimum atomic E-state index is -0.213. The number of amides is 1. The topological polar surface area (TPSA) is 75.3 Å². The van der Waals surface area contributed by atoms with Crippen molar-refractivity contribution in [3.8, 4) is 0 Å². The third-order valence-electron chi connectivity index (χ3n) is 4.27. The zero-order valence-electron chi connectivity index (χ0n) is 12.9. The monoisotopic (exact) mass is 313 g/mol. The van der Waals surface area contributed by atoms with E-state index in [0.717, 1.165) is 0 Å². The van der Waals surface area contributed by atoms with Crippen molar-refractivity contribution in [3.05, 3.63) is 64.3 Å². The van der Waals surface area contributed by atoms with Crippen molar-refractivity contribution < 1.29 is 9.53 Å². The first-order valence-electron chi connectivity index (χ1n) is 7.56. The number of hydrogen-bond donors (Lipinski definition) is 1. The number of hydrogen-bond acceptors (Lipinski definition) is 4. The van der Waals surface area contributed by atoms with Crippen molar-refractivity contribution in [2.75, 3.05) is 26.8 Å². The maximum absolute atomic E-state index is 12.6. The van der Waals surface area contributed by atoms with Crippen molar-refractivity contribution in [2.45, 2.75) is 5.92 Å². The number of ether oxygens (including phenoxy) is 1. The molecular formula is C17H19N3O3. The van der Waals surface area contributed by atoms with E-state index >= 15 is 0 Å². The quantitative estimate of drug-likeness (QED) is 0.922. The standard InChI is InChI=1S/C17H19N3O3/c1-23-11-14-9-20(10-15(14)12-4-6-18-7-5-12)17(22)13-2-3-16(21)19-8-13/h2-8,14-15H,9-11H2,1H3,(H,19,21)/t14-,15-/m0/s1. The normalized spacial score (nSPS) is 20.7. The summed E-state index contributed by atoms with van der Waals surface area (Å²) in [5, 5.41) is 0. The number of likely N-dealkylation sites (tertiary alicyclic amines) is 1. The average molecular weight is 313 g/mol. The summed E-state index contributed by atoms with van der Waals surface area (Å²) in [5.74, 6) is 0.401. The predicted octanol–water partition coefficient (Wildman–Crippen LogP) is 1.27. The van der Waals surface area contributed by atoms with E-state index in [2.05, 4.69) is 9.97 Å². The molecule has 2 aromatic heterocycles. The van der Waals surface area contributed by atoms with E-state index in [-0.39, 0.29) is 23.3 Å². The second-order valence-electron chi connectivity index (χ2n) is 5.75. The van der Waals surface area contributed by atoms with Crippen molar-refractivity contribution in [2.24, 2.45) is 5.92 Å². The number of methoxy groups -OCH3 is 1. The van der Waals surface area contributed by atoms with Crippen LogP contribution < -0.4 is 5.56 Å². The Morgan fingerprint density at radius 1 is 1.30 bits per heavy atom. The van der Waals surface area contributed by atoms with Gasteiger partial charge < -0.3 is 14.6 Å². The van der Waals surface area contributed by atoms with Crippen molar-refractivity contribution >= 4 is 5.91 Å². The summed E-state index contributed by atoms with van der Waals surface area (Å²) in [6.45, 7) is 1.87. The van der Waals surface area contributed by atoms with Gasteiger partial charge in [-0.15, -0.1) is 0 Å². The van der Waals surface area contributed by atoms with Crippen molar-refractivity contribution in [1.29, 1.82) is 0 Å². The number of pyridine rings is 2. The first-order chi connectivity index (χ1) is 11.2. The maximum Gasteiger partial charge on any atom is 0.255 e. The van der Waals surface area contributed by atoms with Gasteiger partial charge in [0.15, 0.2) is 0 Å². The molecule has 2 aromatic rings. The van der Waals surface area contributed by atoms with Gasteiger partial charge in [-0.1, -0.05) is 0 Å². The third-order valence-corrected chi connectivity index (χ3v) is 4.27. The van der Waals surface area contributed by atoms with Crippen LogP contribution in [0, 0.1) is 5.92 Å². The van der Waals surface area contributed by atoms with E-state index in [1.165, 1.54) is 17.8 Å². The minimum Gasteiger partial charge on any atom is -0.384 e. The fraction of sp³-hybridized carbons (Fsp3) is 0.353. The van der Waals surface area contributed by atoms with Gasteiger partial charge in [-0.3, -0.25) is 14.6 Å². The maximum atomic E-state index is 12.6. The zero-order valence-corrected chi connectivity index (χ0v) is 12.9. The van der Waals surface area contributed by atoms with Gasteiger partial charge in [-0.05, 0) is 23.8 Å². The Labute approximate surface area is 134 Å². The molecule has 0 spiro atoms. The molecule has 120 valence electrons. The van der Waals surface area contributed by atoms with Gasteiger partial charge in [-0.2, -0.15) is 0 Å². The Morgan fingerprint density at radius 2 is 2.09 bits per heavy atom. The van der Waals surface area contributed by atoms with Crippen LogP contribution in [0.1, 0.15) is 21.8 Å². The fourth-order valence-electron chi connectivity index (χ4n) is 3.13. The second kappa shape index (κ2) is 6.75. The Bertz CT molecular complexity index is 709. The summed E-state index contributed by atoms with van der Waals surface area (Å²) in [4.78, 5) is 32.2. The molecule has 0 radical (unpaired) electrons. The molecule has 23 heavy (non-hydrogen) atoms. The molecule has 6 heteroatoms.